The number of nitrogens with one attached hydrogen (secondary N) is 1. The van der Waals surface area contributed by atoms with Crippen molar-refractivity contribution in [2.75, 3.05) is 5.32 Å². The predicted octanol–water partition coefficient (Wildman–Crippen LogP) is 3.45. The summed E-state index contributed by atoms with van der Waals surface area (Å²) in [6.45, 7) is 3.63. The Morgan fingerprint density at radius 2 is 1.93 bits per heavy atom. The lowest BCUT2D eigenvalue weighted by molar-refractivity contribution is 0.103. The molecule has 0 radical (unpaired) electrons. The highest BCUT2D eigenvalue weighted by Gasteiger charge is 2.19. The molecule has 29 heavy (non-hydrogen) atoms. The number of benzene rings is 1. The fraction of sp³-hybridized carbons (Fsp3) is 0.150. The number of hydrogen-bond acceptors (Lipinski definition) is 7. The van der Waals surface area contributed by atoms with E-state index in [9.17, 15) is 9.59 Å². The third-order valence-corrected chi connectivity index (χ3v) is 5.61. The molecule has 0 spiro atoms. The van der Waals surface area contributed by atoms with Crippen molar-refractivity contribution in [1.29, 1.82) is 0 Å². The molecule has 0 saturated heterocycles. The summed E-state index contributed by atoms with van der Waals surface area (Å²) in [4.78, 5) is 38.5. The molecule has 0 aliphatic rings. The average Bonchev–Trinajstić information content (AvgIpc) is 3.05. The van der Waals surface area contributed by atoms with Crippen LogP contribution in [0.15, 0.2) is 47.8 Å². The minimum atomic E-state index is -0.282. The van der Waals surface area contributed by atoms with Crippen molar-refractivity contribution in [1.82, 2.24) is 19.5 Å². The smallest absolute Gasteiger partial charge is 0.321 e. The lowest BCUT2D eigenvalue weighted by Gasteiger charge is -2.10. The molecule has 3 aromatic heterocycles. The Bertz CT molecular complexity index is 1280. The molecule has 0 bridgehead atoms. The van der Waals surface area contributed by atoms with E-state index < -0.39 is 0 Å². The molecule has 9 heteroatoms. The van der Waals surface area contributed by atoms with Gasteiger partial charge in [0.2, 0.25) is 0 Å². The number of aromatic nitrogens is 4. The number of ether oxygens (including phenoxy) is 1. The summed E-state index contributed by atoms with van der Waals surface area (Å²) >= 11 is 1.21. The van der Waals surface area contributed by atoms with Gasteiger partial charge in [0.25, 0.3) is 11.5 Å². The summed E-state index contributed by atoms with van der Waals surface area (Å²) in [6, 6.07) is 7.23. The van der Waals surface area contributed by atoms with Crippen LogP contribution in [0.3, 0.4) is 0 Å². The quantitative estimate of drug-likeness (QED) is 0.556. The van der Waals surface area contributed by atoms with Gasteiger partial charge in [-0.2, -0.15) is 0 Å². The molecule has 0 unspecified atom stereocenters. The van der Waals surface area contributed by atoms with Gasteiger partial charge in [0.1, 0.15) is 10.6 Å². The molecule has 1 N–H and O–H groups in total. The molecule has 4 rings (SSSR count). The van der Waals surface area contributed by atoms with Crippen LogP contribution in [0.4, 0.5) is 5.69 Å². The first-order valence-electron chi connectivity index (χ1n) is 8.75. The van der Waals surface area contributed by atoms with Gasteiger partial charge in [-0.05, 0) is 49.2 Å². The van der Waals surface area contributed by atoms with Crippen LogP contribution in [0.5, 0.6) is 11.8 Å². The Hall–Kier alpha value is -3.59. The summed E-state index contributed by atoms with van der Waals surface area (Å²) < 4.78 is 7.01. The fourth-order valence-corrected chi connectivity index (χ4v) is 3.92. The summed E-state index contributed by atoms with van der Waals surface area (Å²) in [5, 5.41) is 3.38. The van der Waals surface area contributed by atoms with Crippen molar-refractivity contribution >= 4 is 33.1 Å². The van der Waals surface area contributed by atoms with Gasteiger partial charge in [0, 0.05) is 25.1 Å². The van der Waals surface area contributed by atoms with E-state index in [4.69, 9.17) is 4.74 Å². The second-order valence-electron chi connectivity index (χ2n) is 6.46. The molecule has 0 fully saturated rings. The van der Waals surface area contributed by atoms with Gasteiger partial charge in [-0.3, -0.25) is 9.59 Å². The number of nitrogens with zero attached hydrogens (tertiary/aromatic N) is 4. The van der Waals surface area contributed by atoms with Crippen molar-refractivity contribution in [3.63, 3.8) is 0 Å². The molecule has 0 atom stereocenters. The molecule has 0 saturated carbocycles. The van der Waals surface area contributed by atoms with Crippen molar-refractivity contribution in [3.05, 3.63) is 69.3 Å². The Morgan fingerprint density at radius 1 is 1.17 bits per heavy atom. The van der Waals surface area contributed by atoms with Crippen LogP contribution in [0, 0.1) is 13.8 Å². The van der Waals surface area contributed by atoms with Gasteiger partial charge in [0.15, 0.2) is 0 Å². The van der Waals surface area contributed by atoms with Gasteiger partial charge in [-0.15, -0.1) is 11.3 Å². The van der Waals surface area contributed by atoms with Gasteiger partial charge in [-0.1, -0.05) is 0 Å². The molecule has 1 aromatic carbocycles. The third kappa shape index (κ3) is 3.59. The van der Waals surface area contributed by atoms with E-state index in [1.54, 1.807) is 50.6 Å². The Kier molecular flexibility index (Phi) is 4.81. The maximum atomic E-state index is 12.8. The zero-order valence-electron chi connectivity index (χ0n) is 16.0. The molecule has 8 nitrogen and oxygen atoms in total. The van der Waals surface area contributed by atoms with Crippen LogP contribution in [0.1, 0.15) is 20.8 Å². The van der Waals surface area contributed by atoms with Gasteiger partial charge >= 0.3 is 6.01 Å². The van der Waals surface area contributed by atoms with Crippen LogP contribution >= 0.6 is 11.3 Å². The maximum absolute atomic E-state index is 12.8. The number of thiophene rings is 1. The minimum Gasteiger partial charge on any atom is -0.424 e. The lowest BCUT2D eigenvalue weighted by Crippen LogP contribution is -2.17. The van der Waals surface area contributed by atoms with Crippen molar-refractivity contribution in [2.24, 2.45) is 7.05 Å². The largest absolute Gasteiger partial charge is 0.424 e. The number of amides is 1. The second kappa shape index (κ2) is 7.44. The number of hydrogen-bond donors (Lipinski definition) is 1. The van der Waals surface area contributed by atoms with Crippen LogP contribution < -0.4 is 15.6 Å². The molecular formula is C20H17N5O3S. The predicted molar refractivity (Wildman–Crippen MR) is 111 cm³/mol. The maximum Gasteiger partial charge on any atom is 0.321 e. The van der Waals surface area contributed by atoms with E-state index >= 15 is 0 Å². The van der Waals surface area contributed by atoms with E-state index in [0.717, 1.165) is 5.56 Å². The van der Waals surface area contributed by atoms with Crippen molar-refractivity contribution in [2.45, 2.75) is 13.8 Å². The highest BCUT2D eigenvalue weighted by atomic mass is 32.1. The van der Waals surface area contributed by atoms with Crippen LogP contribution in [0.25, 0.3) is 10.2 Å². The fourth-order valence-electron chi connectivity index (χ4n) is 2.89. The van der Waals surface area contributed by atoms with Crippen molar-refractivity contribution in [3.8, 4) is 11.8 Å². The normalized spacial score (nSPS) is 10.9. The summed E-state index contributed by atoms with van der Waals surface area (Å²) in [6.07, 6.45) is 4.65. The Labute approximate surface area is 169 Å². The number of fused-ring (bicyclic) bond motifs is 1. The van der Waals surface area contributed by atoms with E-state index in [1.165, 1.54) is 22.2 Å². The Morgan fingerprint density at radius 3 is 2.66 bits per heavy atom. The van der Waals surface area contributed by atoms with E-state index in [-0.39, 0.29) is 17.5 Å². The third-order valence-electron chi connectivity index (χ3n) is 4.41. The number of carbonyl (C=O) groups excluding carboxylic acids is 1. The van der Waals surface area contributed by atoms with Gasteiger partial charge < -0.3 is 14.6 Å². The van der Waals surface area contributed by atoms with Crippen LogP contribution in [-0.2, 0) is 7.05 Å². The summed E-state index contributed by atoms with van der Waals surface area (Å²) in [5.74, 6) is 0.285. The van der Waals surface area contributed by atoms with Crippen LogP contribution in [0.2, 0.25) is 0 Å². The molecule has 3 heterocycles. The molecule has 1 amide bonds. The summed E-state index contributed by atoms with van der Waals surface area (Å²) in [7, 11) is 1.64. The van der Waals surface area contributed by atoms with E-state index in [0.29, 0.717) is 32.1 Å². The van der Waals surface area contributed by atoms with E-state index in [2.05, 4.69) is 20.3 Å². The van der Waals surface area contributed by atoms with Crippen LogP contribution in [-0.4, -0.2) is 25.4 Å². The number of carbonyl (C=O) groups is 1. The average molecular weight is 407 g/mol. The molecular weight excluding hydrogens is 390 g/mol. The minimum absolute atomic E-state index is 0.163. The van der Waals surface area contributed by atoms with E-state index in [1.807, 2.05) is 6.92 Å². The highest BCUT2D eigenvalue weighted by molar-refractivity contribution is 7.20. The van der Waals surface area contributed by atoms with Gasteiger partial charge in [0.05, 0.1) is 16.6 Å². The first-order chi connectivity index (χ1) is 13.9. The monoisotopic (exact) mass is 407 g/mol. The number of aryl methyl sites for hydroxylation is 3. The summed E-state index contributed by atoms with van der Waals surface area (Å²) in [5.41, 5.74) is 1.94. The lowest BCUT2D eigenvalue weighted by atomic mass is 10.1. The second-order valence-corrected chi connectivity index (χ2v) is 7.46. The molecule has 4 aromatic rings. The van der Waals surface area contributed by atoms with Gasteiger partial charge in [-0.25, -0.2) is 15.0 Å². The van der Waals surface area contributed by atoms with Crippen molar-refractivity contribution < 1.29 is 9.53 Å². The molecule has 0 aliphatic heterocycles. The zero-order chi connectivity index (χ0) is 20.5. The number of rotatable bonds is 4. The standard InChI is InChI=1S/C20H17N5O3S/c1-11-9-13(28-20-21-7-4-8-22-20)5-6-14(11)24-17(26)16-12(2)15-18(29-16)23-10-25(3)19(15)27/h4-10H,1-3H3,(H,24,26). The number of anilines is 1. The topological polar surface area (TPSA) is 99.0 Å². The molecule has 146 valence electrons. The zero-order valence-corrected chi connectivity index (χ0v) is 16.8. The highest BCUT2D eigenvalue weighted by Crippen LogP contribution is 2.29. The first-order valence-corrected chi connectivity index (χ1v) is 9.57. The first kappa shape index (κ1) is 18.8. The Balaban J connectivity index is 1.59. The molecule has 0 aliphatic carbocycles. The SMILES string of the molecule is Cc1cc(Oc2ncccn2)ccc1NC(=O)c1sc2ncn(C)c(=O)c2c1C.